The Morgan fingerprint density at radius 3 is 2.80 bits per heavy atom. The normalized spacial score (nSPS) is 10.6. The molecule has 1 heterocycles. The van der Waals surface area contributed by atoms with Gasteiger partial charge in [-0.05, 0) is 19.2 Å². The molecule has 0 amide bonds. The first-order chi connectivity index (χ1) is 9.63. The zero-order chi connectivity index (χ0) is 14.5. The minimum atomic E-state index is 0.384. The molecule has 0 bridgehead atoms. The van der Waals surface area contributed by atoms with E-state index in [4.69, 9.17) is 21.1 Å². The van der Waals surface area contributed by atoms with Crippen LogP contribution in [-0.2, 0) is 20.2 Å². The molecule has 2 rings (SSSR count). The molecule has 20 heavy (non-hydrogen) atoms. The van der Waals surface area contributed by atoms with Crippen LogP contribution in [0.4, 0.5) is 0 Å². The fourth-order valence-corrected chi connectivity index (χ4v) is 2.18. The lowest BCUT2D eigenvalue weighted by atomic mass is 10.2. The maximum absolute atomic E-state index is 6.08. The fourth-order valence-electron chi connectivity index (χ4n) is 1.95. The van der Waals surface area contributed by atoms with E-state index in [2.05, 4.69) is 10.4 Å². The summed E-state index contributed by atoms with van der Waals surface area (Å²) in [6, 6.07) is 5.53. The second-order valence-electron chi connectivity index (χ2n) is 4.40. The second-order valence-corrected chi connectivity index (χ2v) is 4.83. The Hall–Kier alpha value is -1.72. The van der Waals surface area contributed by atoms with Crippen LogP contribution in [0.25, 0.3) is 0 Å². The summed E-state index contributed by atoms with van der Waals surface area (Å²) < 4.78 is 13.0. The van der Waals surface area contributed by atoms with Crippen LogP contribution in [0.1, 0.15) is 11.3 Å². The molecule has 0 fully saturated rings. The number of rotatable bonds is 6. The van der Waals surface area contributed by atoms with Crippen molar-refractivity contribution in [3.05, 3.63) is 40.7 Å². The molecule has 6 heteroatoms. The monoisotopic (exact) mass is 295 g/mol. The first kappa shape index (κ1) is 14.7. The molecule has 0 unspecified atom stereocenters. The molecule has 0 spiro atoms. The van der Waals surface area contributed by atoms with Crippen molar-refractivity contribution in [2.45, 2.75) is 13.2 Å². The molecule has 108 valence electrons. The minimum Gasteiger partial charge on any atom is -0.493 e. The third-order valence-corrected chi connectivity index (χ3v) is 3.04. The Labute approximate surface area is 123 Å². The predicted molar refractivity (Wildman–Crippen MR) is 78.3 cm³/mol. The van der Waals surface area contributed by atoms with Crippen LogP contribution in [0.2, 0.25) is 5.02 Å². The van der Waals surface area contributed by atoms with Crippen molar-refractivity contribution in [3.63, 3.8) is 0 Å². The highest BCUT2D eigenvalue weighted by atomic mass is 35.5. The van der Waals surface area contributed by atoms with Gasteiger partial charge >= 0.3 is 0 Å². The lowest BCUT2D eigenvalue weighted by molar-refractivity contribution is 0.276. The molecule has 1 aromatic carbocycles. The number of nitrogens with one attached hydrogen (secondary N) is 1. The number of aromatic nitrogens is 2. The molecule has 0 aliphatic rings. The number of nitrogens with zero attached hydrogens (tertiary/aromatic N) is 2. The Kier molecular flexibility index (Phi) is 4.87. The van der Waals surface area contributed by atoms with E-state index < -0.39 is 0 Å². The van der Waals surface area contributed by atoms with Crippen molar-refractivity contribution in [1.29, 1.82) is 0 Å². The van der Waals surface area contributed by atoms with Crippen LogP contribution in [-0.4, -0.2) is 23.9 Å². The first-order valence-corrected chi connectivity index (χ1v) is 6.64. The Balaban J connectivity index is 2.23. The average Bonchev–Trinajstić information content (AvgIpc) is 2.83. The third kappa shape index (κ3) is 3.43. The van der Waals surface area contributed by atoms with Crippen molar-refractivity contribution in [2.24, 2.45) is 7.05 Å². The third-order valence-electron chi connectivity index (χ3n) is 2.82. The van der Waals surface area contributed by atoms with Crippen LogP contribution in [0.3, 0.4) is 0 Å². The van der Waals surface area contributed by atoms with Gasteiger partial charge in [0.2, 0.25) is 0 Å². The van der Waals surface area contributed by atoms with Crippen LogP contribution < -0.4 is 14.8 Å². The highest BCUT2D eigenvalue weighted by molar-refractivity contribution is 6.30. The summed E-state index contributed by atoms with van der Waals surface area (Å²) in [5, 5.41) is 8.00. The van der Waals surface area contributed by atoms with Crippen LogP contribution >= 0.6 is 11.6 Å². The molecular formula is C14H18ClN3O2. The molecule has 0 saturated heterocycles. The van der Waals surface area contributed by atoms with Crippen LogP contribution in [0.15, 0.2) is 24.4 Å². The fraction of sp³-hybridized carbons (Fsp3) is 0.357. The maximum atomic E-state index is 6.08. The van der Waals surface area contributed by atoms with Gasteiger partial charge in [0, 0.05) is 36.4 Å². The number of hydrogen-bond donors (Lipinski definition) is 1. The summed E-state index contributed by atoms with van der Waals surface area (Å²) in [5.41, 5.74) is 1.81. The molecule has 0 atom stereocenters. The lowest BCUT2D eigenvalue weighted by Gasteiger charge is -2.15. The zero-order valence-electron chi connectivity index (χ0n) is 11.8. The Bertz CT molecular complexity index is 584. The largest absolute Gasteiger partial charge is 0.493 e. The molecule has 1 aromatic heterocycles. The summed E-state index contributed by atoms with van der Waals surface area (Å²) in [4.78, 5) is 0. The van der Waals surface area contributed by atoms with E-state index >= 15 is 0 Å². The number of aryl methyl sites for hydroxylation is 1. The lowest BCUT2D eigenvalue weighted by Crippen LogP contribution is -2.09. The minimum absolute atomic E-state index is 0.384. The molecular weight excluding hydrogens is 278 g/mol. The SMILES string of the molecule is CNCc1cc(Cl)cc(OC)c1OCc1ccn(C)n1. The first-order valence-electron chi connectivity index (χ1n) is 6.26. The van der Waals surface area contributed by atoms with Crippen molar-refractivity contribution < 1.29 is 9.47 Å². The number of methoxy groups -OCH3 is 1. The molecule has 0 aliphatic heterocycles. The van der Waals surface area contributed by atoms with Gasteiger partial charge in [0.15, 0.2) is 11.5 Å². The van der Waals surface area contributed by atoms with Gasteiger partial charge in [-0.2, -0.15) is 5.10 Å². The Morgan fingerprint density at radius 1 is 1.40 bits per heavy atom. The van der Waals surface area contributed by atoms with E-state index in [1.807, 2.05) is 32.4 Å². The van der Waals surface area contributed by atoms with Gasteiger partial charge in [0.25, 0.3) is 0 Å². The van der Waals surface area contributed by atoms with E-state index in [0.29, 0.717) is 29.7 Å². The summed E-state index contributed by atoms with van der Waals surface area (Å²) in [6.45, 7) is 1.03. The van der Waals surface area contributed by atoms with E-state index in [0.717, 1.165) is 11.3 Å². The van der Waals surface area contributed by atoms with Crippen molar-refractivity contribution >= 4 is 11.6 Å². The quantitative estimate of drug-likeness (QED) is 0.889. The van der Waals surface area contributed by atoms with Crippen LogP contribution in [0.5, 0.6) is 11.5 Å². The molecule has 5 nitrogen and oxygen atoms in total. The van der Waals surface area contributed by atoms with Crippen molar-refractivity contribution in [1.82, 2.24) is 15.1 Å². The summed E-state index contributed by atoms with van der Waals surface area (Å²) in [6.07, 6.45) is 1.88. The molecule has 1 N–H and O–H groups in total. The zero-order valence-corrected chi connectivity index (χ0v) is 12.6. The van der Waals surface area contributed by atoms with Gasteiger partial charge in [-0.3, -0.25) is 4.68 Å². The second kappa shape index (κ2) is 6.63. The van der Waals surface area contributed by atoms with Gasteiger partial charge in [0.1, 0.15) is 6.61 Å². The number of hydrogen-bond acceptors (Lipinski definition) is 4. The van der Waals surface area contributed by atoms with Crippen LogP contribution in [0, 0.1) is 0 Å². The highest BCUT2D eigenvalue weighted by Crippen LogP contribution is 2.35. The Morgan fingerprint density at radius 2 is 2.20 bits per heavy atom. The van der Waals surface area contributed by atoms with Gasteiger partial charge in [-0.1, -0.05) is 11.6 Å². The van der Waals surface area contributed by atoms with Gasteiger partial charge in [-0.15, -0.1) is 0 Å². The number of benzene rings is 1. The maximum Gasteiger partial charge on any atom is 0.166 e. The molecule has 0 aliphatic carbocycles. The van der Waals surface area contributed by atoms with E-state index in [1.54, 1.807) is 17.9 Å². The predicted octanol–water partition coefficient (Wildman–Crippen LogP) is 2.38. The summed E-state index contributed by atoms with van der Waals surface area (Å²) in [7, 11) is 5.34. The highest BCUT2D eigenvalue weighted by Gasteiger charge is 2.13. The molecule has 2 aromatic rings. The van der Waals surface area contributed by atoms with Crippen molar-refractivity contribution in [2.75, 3.05) is 14.2 Å². The van der Waals surface area contributed by atoms with Gasteiger partial charge in [-0.25, -0.2) is 0 Å². The van der Waals surface area contributed by atoms with Gasteiger partial charge in [0.05, 0.1) is 12.8 Å². The van der Waals surface area contributed by atoms with E-state index in [1.165, 1.54) is 0 Å². The van der Waals surface area contributed by atoms with E-state index in [-0.39, 0.29) is 0 Å². The van der Waals surface area contributed by atoms with E-state index in [9.17, 15) is 0 Å². The smallest absolute Gasteiger partial charge is 0.166 e. The number of halogens is 1. The average molecular weight is 296 g/mol. The van der Waals surface area contributed by atoms with Gasteiger partial charge < -0.3 is 14.8 Å². The van der Waals surface area contributed by atoms with Crippen molar-refractivity contribution in [3.8, 4) is 11.5 Å². The standard InChI is InChI=1S/C14H18ClN3O2/c1-16-8-10-6-11(15)7-13(19-3)14(10)20-9-12-4-5-18(2)17-12/h4-7,16H,8-9H2,1-3H3. The topological polar surface area (TPSA) is 48.3 Å². The summed E-state index contributed by atoms with van der Waals surface area (Å²) >= 11 is 6.08. The molecule has 0 radical (unpaired) electrons. The number of ether oxygens (including phenoxy) is 2. The molecule has 0 saturated carbocycles. The summed E-state index contributed by atoms with van der Waals surface area (Å²) in [5.74, 6) is 1.32.